The largest absolute Gasteiger partial charge is 0.298 e. The molecular weight excluding hydrogens is 147 g/mol. The molecule has 2 radical (unpaired) electrons. The maximum atomic E-state index is 10.6. The summed E-state index contributed by atoms with van der Waals surface area (Å²) in [6.45, 7) is 4.11. The van der Waals surface area contributed by atoms with Crippen molar-refractivity contribution >= 4 is 19.6 Å². The lowest BCUT2D eigenvalue weighted by Crippen LogP contribution is -2.06. The van der Waals surface area contributed by atoms with Gasteiger partial charge in [0, 0.05) is 5.56 Å². The summed E-state index contributed by atoms with van der Waals surface area (Å²) in [5.41, 5.74) is 2.39. The van der Waals surface area contributed by atoms with Gasteiger partial charge in [-0.1, -0.05) is 37.5 Å². The molecule has 1 nitrogen and oxygen atoms in total. The second kappa shape index (κ2) is 3.57. The van der Waals surface area contributed by atoms with Gasteiger partial charge in [-0.25, -0.2) is 0 Å². The van der Waals surface area contributed by atoms with Crippen molar-refractivity contribution in [3.8, 4) is 0 Å². The van der Waals surface area contributed by atoms with Crippen molar-refractivity contribution in [1.29, 1.82) is 0 Å². The molecule has 0 aliphatic rings. The first kappa shape index (κ1) is 9.05. The molecule has 0 heterocycles. The fourth-order valence-corrected chi connectivity index (χ4v) is 1.22. The zero-order chi connectivity index (χ0) is 9.14. The summed E-state index contributed by atoms with van der Waals surface area (Å²) in [4.78, 5) is 10.6. The minimum atomic E-state index is 0.366. The van der Waals surface area contributed by atoms with E-state index in [1.807, 2.05) is 12.1 Å². The van der Waals surface area contributed by atoms with Gasteiger partial charge < -0.3 is 0 Å². The van der Waals surface area contributed by atoms with Crippen molar-refractivity contribution in [3.63, 3.8) is 0 Å². The average molecular weight is 158 g/mol. The van der Waals surface area contributed by atoms with Crippen LogP contribution in [0.15, 0.2) is 18.2 Å². The molecule has 1 rings (SSSR count). The van der Waals surface area contributed by atoms with E-state index in [0.717, 1.165) is 11.8 Å². The fraction of sp³-hybridized carbons (Fsp3) is 0.300. The Balaban J connectivity index is 3.20. The van der Waals surface area contributed by atoms with Crippen molar-refractivity contribution < 1.29 is 4.79 Å². The molecule has 0 saturated heterocycles. The van der Waals surface area contributed by atoms with E-state index in [9.17, 15) is 4.79 Å². The maximum Gasteiger partial charge on any atom is 0.150 e. The lowest BCUT2D eigenvalue weighted by atomic mass is 9.89. The second-order valence-electron chi connectivity index (χ2n) is 3.16. The van der Waals surface area contributed by atoms with Gasteiger partial charge >= 0.3 is 0 Å². The standard InChI is InChI=1S/C10H11BO/c1-7(2)10-4-3-9(11)5-8(10)6-12/h3-7H,1-2H3. The molecule has 0 aliphatic carbocycles. The molecule has 0 N–H and O–H groups in total. The van der Waals surface area contributed by atoms with E-state index in [-0.39, 0.29) is 0 Å². The van der Waals surface area contributed by atoms with Crippen LogP contribution < -0.4 is 5.46 Å². The Morgan fingerprint density at radius 3 is 2.58 bits per heavy atom. The van der Waals surface area contributed by atoms with Crippen LogP contribution in [-0.4, -0.2) is 14.1 Å². The topological polar surface area (TPSA) is 17.1 Å². The molecule has 60 valence electrons. The van der Waals surface area contributed by atoms with E-state index in [4.69, 9.17) is 7.85 Å². The van der Waals surface area contributed by atoms with Crippen molar-refractivity contribution in [2.75, 3.05) is 0 Å². The summed E-state index contributed by atoms with van der Waals surface area (Å²) in [7, 11) is 5.54. The van der Waals surface area contributed by atoms with Gasteiger partial charge in [0.15, 0.2) is 0 Å². The van der Waals surface area contributed by atoms with Crippen LogP contribution in [0.2, 0.25) is 0 Å². The maximum absolute atomic E-state index is 10.6. The Hall–Kier alpha value is -1.05. The van der Waals surface area contributed by atoms with E-state index in [1.165, 1.54) is 0 Å². The molecule has 0 aliphatic heterocycles. The van der Waals surface area contributed by atoms with Gasteiger partial charge in [0.25, 0.3) is 0 Å². The number of hydrogen-bond donors (Lipinski definition) is 0. The van der Waals surface area contributed by atoms with Gasteiger partial charge in [0.2, 0.25) is 0 Å². The smallest absolute Gasteiger partial charge is 0.150 e. The van der Waals surface area contributed by atoms with Crippen molar-refractivity contribution in [2.24, 2.45) is 0 Å². The molecule has 1 aromatic carbocycles. The van der Waals surface area contributed by atoms with E-state index >= 15 is 0 Å². The summed E-state index contributed by atoms with van der Waals surface area (Å²) < 4.78 is 0. The van der Waals surface area contributed by atoms with E-state index in [1.54, 1.807) is 6.07 Å². The summed E-state index contributed by atoms with van der Waals surface area (Å²) in [5, 5.41) is 0. The van der Waals surface area contributed by atoms with E-state index in [2.05, 4.69) is 13.8 Å². The third-order valence-corrected chi connectivity index (χ3v) is 1.86. The molecule has 0 atom stereocenters. The minimum absolute atomic E-state index is 0.366. The molecule has 0 fully saturated rings. The third kappa shape index (κ3) is 1.76. The van der Waals surface area contributed by atoms with Crippen LogP contribution in [0.5, 0.6) is 0 Å². The van der Waals surface area contributed by atoms with Crippen LogP contribution in [-0.2, 0) is 0 Å². The van der Waals surface area contributed by atoms with E-state index < -0.39 is 0 Å². The van der Waals surface area contributed by atoms with Gasteiger partial charge in [-0.2, -0.15) is 0 Å². The van der Waals surface area contributed by atoms with Crippen LogP contribution in [0.3, 0.4) is 0 Å². The summed E-state index contributed by atoms with van der Waals surface area (Å²) in [6, 6.07) is 5.44. The molecule has 12 heavy (non-hydrogen) atoms. The summed E-state index contributed by atoms with van der Waals surface area (Å²) in [5.74, 6) is 0.366. The Morgan fingerprint density at radius 2 is 2.08 bits per heavy atom. The number of rotatable bonds is 2. The van der Waals surface area contributed by atoms with Gasteiger partial charge in [-0.05, 0) is 11.5 Å². The van der Waals surface area contributed by atoms with Gasteiger partial charge in [0.05, 0.1) is 0 Å². The van der Waals surface area contributed by atoms with Crippen LogP contribution in [0, 0.1) is 0 Å². The Bertz CT molecular complexity index is 292. The zero-order valence-electron chi connectivity index (χ0n) is 7.37. The fourth-order valence-electron chi connectivity index (χ4n) is 1.22. The number of benzene rings is 1. The highest BCUT2D eigenvalue weighted by atomic mass is 16.1. The molecule has 0 aromatic heterocycles. The monoisotopic (exact) mass is 158 g/mol. The Kier molecular flexibility index (Phi) is 2.69. The molecule has 1 aromatic rings. The lowest BCUT2D eigenvalue weighted by molar-refractivity contribution is 0.112. The molecule has 0 unspecified atom stereocenters. The summed E-state index contributed by atoms with van der Waals surface area (Å²) in [6.07, 6.45) is 0.853. The second-order valence-corrected chi connectivity index (χ2v) is 3.16. The number of carbonyl (C=O) groups is 1. The number of hydrogen-bond acceptors (Lipinski definition) is 1. The first-order valence-corrected chi connectivity index (χ1v) is 3.99. The average Bonchev–Trinajstić information content (AvgIpc) is 2.03. The van der Waals surface area contributed by atoms with Crippen molar-refractivity contribution in [2.45, 2.75) is 19.8 Å². The van der Waals surface area contributed by atoms with Crippen molar-refractivity contribution in [3.05, 3.63) is 29.3 Å². The Morgan fingerprint density at radius 1 is 1.42 bits per heavy atom. The van der Waals surface area contributed by atoms with Crippen LogP contribution in [0.25, 0.3) is 0 Å². The van der Waals surface area contributed by atoms with Gasteiger partial charge in [-0.3, -0.25) is 4.79 Å². The molecule has 0 bridgehead atoms. The van der Waals surface area contributed by atoms with Gasteiger partial charge in [-0.15, -0.1) is 0 Å². The first-order chi connectivity index (χ1) is 5.65. The molecule has 0 amide bonds. The highest BCUT2D eigenvalue weighted by Crippen LogP contribution is 2.16. The number of carbonyl (C=O) groups excluding carboxylic acids is 1. The highest BCUT2D eigenvalue weighted by molar-refractivity contribution is 6.32. The van der Waals surface area contributed by atoms with Crippen LogP contribution in [0.1, 0.15) is 35.7 Å². The molecule has 0 saturated carbocycles. The minimum Gasteiger partial charge on any atom is -0.298 e. The van der Waals surface area contributed by atoms with Crippen LogP contribution in [0.4, 0.5) is 0 Å². The third-order valence-electron chi connectivity index (χ3n) is 1.86. The van der Waals surface area contributed by atoms with Gasteiger partial charge in [0.1, 0.15) is 14.1 Å². The predicted octanol–water partition coefficient (Wildman–Crippen LogP) is 1.42. The highest BCUT2D eigenvalue weighted by Gasteiger charge is 2.04. The normalized spacial score (nSPS) is 10.2. The van der Waals surface area contributed by atoms with E-state index in [0.29, 0.717) is 16.9 Å². The summed E-state index contributed by atoms with van der Waals surface area (Å²) >= 11 is 0. The Labute approximate surface area is 74.2 Å². The molecule has 0 spiro atoms. The first-order valence-electron chi connectivity index (χ1n) is 3.99. The lowest BCUT2D eigenvalue weighted by Gasteiger charge is -2.08. The zero-order valence-corrected chi connectivity index (χ0v) is 7.37. The number of aldehydes is 1. The molecule has 2 heteroatoms. The quantitative estimate of drug-likeness (QED) is 0.469. The molecular formula is C10H11BO. The predicted molar refractivity (Wildman–Crippen MR) is 51.3 cm³/mol. The van der Waals surface area contributed by atoms with Crippen LogP contribution >= 0.6 is 0 Å². The van der Waals surface area contributed by atoms with Crippen molar-refractivity contribution in [1.82, 2.24) is 0 Å². The SMILES string of the molecule is [B]c1ccc(C(C)C)c(C=O)c1.